The van der Waals surface area contributed by atoms with Gasteiger partial charge in [0.15, 0.2) is 11.6 Å². The molecule has 0 spiro atoms. The maximum absolute atomic E-state index is 12.3. The highest BCUT2D eigenvalue weighted by Gasteiger charge is 2.21. The van der Waals surface area contributed by atoms with Gasteiger partial charge >= 0.3 is 0 Å². The molecule has 1 heterocycles. The second-order valence-electron chi connectivity index (χ2n) is 5.20. The van der Waals surface area contributed by atoms with Crippen LogP contribution >= 0.6 is 23.2 Å². The van der Waals surface area contributed by atoms with Gasteiger partial charge in [-0.2, -0.15) is 5.10 Å². The predicted molar refractivity (Wildman–Crippen MR) is 88.6 cm³/mol. The fraction of sp³-hybridized carbons (Fsp3) is 0.312. The second kappa shape index (κ2) is 7.15. The van der Waals surface area contributed by atoms with Crippen molar-refractivity contribution in [2.45, 2.75) is 26.2 Å². The van der Waals surface area contributed by atoms with E-state index in [-0.39, 0.29) is 27.1 Å². The normalized spacial score (nSPS) is 10.8. The molecule has 1 aromatic heterocycles. The lowest BCUT2D eigenvalue weighted by molar-refractivity contribution is 0.0888. The molecular weight excluding hydrogens is 339 g/mol. The standard InChI is InChI=1S/C16H16Cl2N2O3/c1-3-4-10-7-13(20(2)19-10)15(22)8-14(21)11-5-9(17)6-12(18)16(11)23/h5-7,23H,3-4,8H2,1-2H3. The predicted octanol–water partition coefficient (Wildman–Crippen LogP) is 3.84. The number of Topliss-reactive ketones (excluding diaryl/α,β-unsaturated/α-hetero) is 2. The largest absolute Gasteiger partial charge is 0.506 e. The lowest BCUT2D eigenvalue weighted by Gasteiger charge is -2.06. The molecule has 0 fully saturated rings. The first-order valence-corrected chi connectivity index (χ1v) is 7.86. The van der Waals surface area contributed by atoms with Crippen molar-refractivity contribution < 1.29 is 14.7 Å². The van der Waals surface area contributed by atoms with Crippen molar-refractivity contribution >= 4 is 34.8 Å². The number of hydrogen-bond acceptors (Lipinski definition) is 4. The molecule has 1 aromatic carbocycles. The summed E-state index contributed by atoms with van der Waals surface area (Å²) in [6.07, 6.45) is 1.29. The molecule has 2 rings (SSSR count). The molecule has 0 radical (unpaired) electrons. The summed E-state index contributed by atoms with van der Waals surface area (Å²) < 4.78 is 1.46. The smallest absolute Gasteiger partial charge is 0.188 e. The van der Waals surface area contributed by atoms with E-state index in [4.69, 9.17) is 23.2 Å². The summed E-state index contributed by atoms with van der Waals surface area (Å²) in [6.45, 7) is 2.02. The molecule has 0 amide bonds. The number of aromatic nitrogens is 2. The quantitative estimate of drug-likeness (QED) is 0.631. The molecular formula is C16H16Cl2N2O3. The Bertz CT molecular complexity index is 769. The number of carbonyl (C=O) groups excluding carboxylic acids is 2. The Morgan fingerprint density at radius 1 is 1.22 bits per heavy atom. The summed E-state index contributed by atoms with van der Waals surface area (Å²) >= 11 is 11.6. The summed E-state index contributed by atoms with van der Waals surface area (Å²) in [5.74, 6) is -1.29. The van der Waals surface area contributed by atoms with E-state index < -0.39 is 12.2 Å². The first-order chi connectivity index (χ1) is 10.8. The Morgan fingerprint density at radius 2 is 1.91 bits per heavy atom. The molecule has 0 aliphatic rings. The van der Waals surface area contributed by atoms with Crippen molar-refractivity contribution in [3.05, 3.63) is 45.2 Å². The van der Waals surface area contributed by atoms with Crippen molar-refractivity contribution in [2.75, 3.05) is 0 Å². The third-order valence-corrected chi connectivity index (χ3v) is 3.88. The van der Waals surface area contributed by atoms with E-state index in [1.807, 2.05) is 6.92 Å². The third kappa shape index (κ3) is 3.92. The first kappa shape index (κ1) is 17.5. The number of carbonyl (C=O) groups is 2. The molecule has 0 atom stereocenters. The minimum Gasteiger partial charge on any atom is -0.506 e. The van der Waals surface area contributed by atoms with E-state index in [0.29, 0.717) is 5.69 Å². The van der Waals surface area contributed by atoms with Crippen LogP contribution in [0.15, 0.2) is 18.2 Å². The highest BCUT2D eigenvalue weighted by molar-refractivity contribution is 6.36. The summed E-state index contributed by atoms with van der Waals surface area (Å²) in [7, 11) is 1.66. The van der Waals surface area contributed by atoms with E-state index in [1.165, 1.54) is 16.8 Å². The van der Waals surface area contributed by atoms with Crippen molar-refractivity contribution in [1.29, 1.82) is 0 Å². The lowest BCUT2D eigenvalue weighted by Crippen LogP contribution is -2.12. The molecule has 23 heavy (non-hydrogen) atoms. The summed E-state index contributed by atoms with van der Waals surface area (Å²) in [4.78, 5) is 24.6. The van der Waals surface area contributed by atoms with Gasteiger partial charge in [-0.1, -0.05) is 36.5 Å². The second-order valence-corrected chi connectivity index (χ2v) is 6.05. The molecule has 0 aliphatic heterocycles. The van der Waals surface area contributed by atoms with Crippen LogP contribution in [0.3, 0.4) is 0 Å². The Labute approximate surface area is 143 Å². The van der Waals surface area contributed by atoms with Crippen LogP contribution in [0.4, 0.5) is 0 Å². The minimum absolute atomic E-state index is 0.0286. The summed E-state index contributed by atoms with van der Waals surface area (Å²) in [5.41, 5.74) is 1.10. The number of nitrogens with zero attached hydrogens (tertiary/aromatic N) is 2. The van der Waals surface area contributed by atoms with Crippen LogP contribution in [-0.4, -0.2) is 26.5 Å². The summed E-state index contributed by atoms with van der Waals surface area (Å²) in [6, 6.07) is 4.31. The van der Waals surface area contributed by atoms with Gasteiger partial charge in [0.25, 0.3) is 0 Å². The number of rotatable bonds is 6. The number of ketones is 2. The molecule has 0 unspecified atom stereocenters. The van der Waals surface area contributed by atoms with Gasteiger partial charge in [-0.05, 0) is 24.6 Å². The van der Waals surface area contributed by atoms with Gasteiger partial charge in [-0.25, -0.2) is 0 Å². The molecule has 0 bridgehead atoms. The number of halogens is 2. The van der Waals surface area contributed by atoms with E-state index in [2.05, 4.69) is 5.10 Å². The van der Waals surface area contributed by atoms with Crippen LogP contribution in [0.2, 0.25) is 10.0 Å². The average Bonchev–Trinajstić information content (AvgIpc) is 2.84. The number of phenols is 1. The van der Waals surface area contributed by atoms with Crippen molar-refractivity contribution in [1.82, 2.24) is 9.78 Å². The number of benzene rings is 1. The fourth-order valence-corrected chi connectivity index (χ4v) is 2.77. The van der Waals surface area contributed by atoms with Crippen LogP contribution in [0.5, 0.6) is 5.75 Å². The molecule has 7 heteroatoms. The molecule has 0 aliphatic carbocycles. The van der Waals surface area contributed by atoms with Gasteiger partial charge in [0.1, 0.15) is 11.4 Å². The zero-order chi connectivity index (χ0) is 17.1. The minimum atomic E-state index is -0.546. The van der Waals surface area contributed by atoms with Crippen LogP contribution in [0.1, 0.15) is 46.3 Å². The molecule has 1 N–H and O–H groups in total. The van der Waals surface area contributed by atoms with Crippen molar-refractivity contribution in [3.8, 4) is 5.75 Å². The monoisotopic (exact) mass is 354 g/mol. The van der Waals surface area contributed by atoms with Crippen molar-refractivity contribution in [2.24, 2.45) is 7.05 Å². The maximum Gasteiger partial charge on any atom is 0.188 e. The van der Waals surface area contributed by atoms with Crippen LogP contribution in [0, 0.1) is 0 Å². The van der Waals surface area contributed by atoms with Crippen LogP contribution in [-0.2, 0) is 13.5 Å². The molecule has 5 nitrogen and oxygen atoms in total. The van der Waals surface area contributed by atoms with Crippen LogP contribution < -0.4 is 0 Å². The highest BCUT2D eigenvalue weighted by Crippen LogP contribution is 2.32. The lowest BCUT2D eigenvalue weighted by atomic mass is 10.0. The van der Waals surface area contributed by atoms with E-state index in [0.717, 1.165) is 18.5 Å². The number of aryl methyl sites for hydroxylation is 2. The number of hydrogen-bond donors (Lipinski definition) is 1. The molecule has 2 aromatic rings. The van der Waals surface area contributed by atoms with E-state index >= 15 is 0 Å². The van der Waals surface area contributed by atoms with Crippen LogP contribution in [0.25, 0.3) is 0 Å². The van der Waals surface area contributed by atoms with Gasteiger partial charge in [0.05, 0.1) is 22.7 Å². The Morgan fingerprint density at radius 3 is 2.57 bits per heavy atom. The first-order valence-electron chi connectivity index (χ1n) is 7.10. The zero-order valence-electron chi connectivity index (χ0n) is 12.8. The Balaban J connectivity index is 2.22. The van der Waals surface area contributed by atoms with E-state index in [1.54, 1.807) is 13.1 Å². The van der Waals surface area contributed by atoms with Crippen molar-refractivity contribution in [3.63, 3.8) is 0 Å². The maximum atomic E-state index is 12.3. The average molecular weight is 355 g/mol. The van der Waals surface area contributed by atoms with Gasteiger partial charge in [0.2, 0.25) is 0 Å². The van der Waals surface area contributed by atoms with Gasteiger partial charge in [-0.3, -0.25) is 14.3 Å². The van der Waals surface area contributed by atoms with Gasteiger partial charge in [-0.15, -0.1) is 0 Å². The van der Waals surface area contributed by atoms with Gasteiger partial charge in [0, 0.05) is 12.1 Å². The Kier molecular flexibility index (Phi) is 5.44. The Hall–Kier alpha value is -1.85. The van der Waals surface area contributed by atoms with E-state index in [9.17, 15) is 14.7 Å². The number of aromatic hydroxyl groups is 1. The SMILES string of the molecule is CCCc1cc(C(=O)CC(=O)c2cc(Cl)cc(Cl)c2O)n(C)n1. The van der Waals surface area contributed by atoms with Gasteiger partial charge < -0.3 is 5.11 Å². The fourth-order valence-electron chi connectivity index (χ4n) is 2.28. The zero-order valence-corrected chi connectivity index (χ0v) is 14.3. The molecule has 122 valence electrons. The highest BCUT2D eigenvalue weighted by atomic mass is 35.5. The summed E-state index contributed by atoms with van der Waals surface area (Å²) in [5, 5.41) is 14.3. The number of phenolic OH excluding ortho intramolecular Hbond substituents is 1. The topological polar surface area (TPSA) is 72.2 Å². The molecule has 0 saturated heterocycles. The third-order valence-electron chi connectivity index (χ3n) is 3.37. The molecule has 0 saturated carbocycles.